The average Bonchev–Trinajstić information content (AvgIpc) is 2.33. The third-order valence-electron chi connectivity index (χ3n) is 1.08. The fraction of sp³-hybridized carbons (Fsp3) is 0. The van der Waals surface area contributed by atoms with Crippen LogP contribution in [-0.4, -0.2) is 11.8 Å². The molecule has 1 aromatic rings. The summed E-state index contributed by atoms with van der Waals surface area (Å²) in [5.74, 6) is 0.0531. The molecule has 1 heterocycles. The van der Waals surface area contributed by atoms with Crippen molar-refractivity contribution in [1.29, 1.82) is 0 Å². The van der Waals surface area contributed by atoms with Crippen molar-refractivity contribution >= 4 is 29.5 Å². The van der Waals surface area contributed by atoms with E-state index < -0.39 is 0 Å². The van der Waals surface area contributed by atoms with E-state index in [2.05, 4.69) is 18.3 Å². The van der Waals surface area contributed by atoms with Crippen LogP contribution in [0.2, 0.25) is 0 Å². The molecule has 0 aliphatic heterocycles. The molecule has 0 saturated carbocycles. The number of nitrogens with zero attached hydrogens (tertiary/aromatic N) is 1. The van der Waals surface area contributed by atoms with Gasteiger partial charge in [-0.3, -0.25) is 4.99 Å². The van der Waals surface area contributed by atoms with E-state index in [-0.39, 0.29) is 5.76 Å². The van der Waals surface area contributed by atoms with Crippen LogP contribution >= 0.6 is 11.3 Å². The summed E-state index contributed by atoms with van der Waals surface area (Å²) < 4.78 is 0. The molecule has 0 fully saturated rings. The molecule has 1 rings (SSSR count). The number of hydrogen-bond acceptors (Lipinski definition) is 3. The van der Waals surface area contributed by atoms with Gasteiger partial charge in [0.2, 0.25) is 0 Å². The highest BCUT2D eigenvalue weighted by atomic mass is 32.1. The van der Waals surface area contributed by atoms with E-state index in [0.717, 1.165) is 0 Å². The van der Waals surface area contributed by atoms with Crippen LogP contribution in [0.1, 0.15) is 4.88 Å². The Morgan fingerprint density at radius 1 is 1.70 bits per heavy atom. The smallest absolute Gasteiger partial charge is 0.127 e. The van der Waals surface area contributed by atoms with Crippen molar-refractivity contribution in [2.24, 2.45) is 4.99 Å². The second-order valence-electron chi connectivity index (χ2n) is 1.74. The van der Waals surface area contributed by atoms with Gasteiger partial charge in [0.25, 0.3) is 0 Å². The molecule has 0 spiro atoms. The summed E-state index contributed by atoms with van der Waals surface area (Å²) in [5.41, 5.74) is 0.692. The van der Waals surface area contributed by atoms with E-state index in [1.54, 1.807) is 6.07 Å². The Kier molecular flexibility index (Phi) is 1.87. The monoisotopic (exact) mass is 153 g/mol. The zero-order valence-electron chi connectivity index (χ0n) is 5.37. The Balaban J connectivity index is 3.13. The number of hydrogen-bond donors (Lipinski definition) is 1. The molecule has 0 atom stereocenters. The van der Waals surface area contributed by atoms with E-state index in [4.69, 9.17) is 5.11 Å². The van der Waals surface area contributed by atoms with Gasteiger partial charge in [-0.25, -0.2) is 0 Å². The van der Waals surface area contributed by atoms with Crippen molar-refractivity contribution in [2.75, 3.05) is 0 Å². The average molecular weight is 153 g/mol. The third-order valence-corrected chi connectivity index (χ3v) is 2.03. The summed E-state index contributed by atoms with van der Waals surface area (Å²) in [4.78, 5) is 4.38. The molecule has 0 unspecified atom stereocenters. The first-order chi connectivity index (χ1) is 4.75. The van der Waals surface area contributed by atoms with Crippen LogP contribution in [0.15, 0.2) is 23.0 Å². The molecule has 1 N–H and O–H groups in total. The van der Waals surface area contributed by atoms with E-state index in [9.17, 15) is 0 Å². The van der Waals surface area contributed by atoms with Crippen molar-refractivity contribution < 1.29 is 5.11 Å². The number of aliphatic imine (C=N–C) groups is 1. The summed E-state index contributed by atoms with van der Waals surface area (Å²) in [5, 5.41) is 10.8. The SMILES string of the molecule is C=Nc1ccsc1C(=C)O. The van der Waals surface area contributed by atoms with E-state index in [0.29, 0.717) is 10.6 Å². The van der Waals surface area contributed by atoms with Crippen LogP contribution in [0.3, 0.4) is 0 Å². The molecule has 0 radical (unpaired) electrons. The first kappa shape index (κ1) is 7.02. The maximum atomic E-state index is 8.95. The molecular formula is C7H7NOS. The summed E-state index contributed by atoms with van der Waals surface area (Å²) in [7, 11) is 0. The molecule has 1 aromatic heterocycles. The highest BCUT2D eigenvalue weighted by Gasteiger charge is 2.03. The molecule has 0 aliphatic rings. The van der Waals surface area contributed by atoms with Crippen LogP contribution in [0, 0.1) is 0 Å². The first-order valence-electron chi connectivity index (χ1n) is 2.68. The van der Waals surface area contributed by atoms with Gasteiger partial charge in [0.1, 0.15) is 5.76 Å². The van der Waals surface area contributed by atoms with Crippen LogP contribution in [0.25, 0.3) is 5.76 Å². The lowest BCUT2D eigenvalue weighted by Crippen LogP contribution is -1.71. The minimum absolute atomic E-state index is 0.0531. The van der Waals surface area contributed by atoms with E-state index >= 15 is 0 Å². The van der Waals surface area contributed by atoms with Gasteiger partial charge in [0.05, 0.1) is 10.6 Å². The van der Waals surface area contributed by atoms with Gasteiger partial charge >= 0.3 is 0 Å². The zero-order valence-corrected chi connectivity index (χ0v) is 6.19. The van der Waals surface area contributed by atoms with Crippen molar-refractivity contribution in [1.82, 2.24) is 0 Å². The third kappa shape index (κ3) is 1.09. The first-order valence-corrected chi connectivity index (χ1v) is 3.56. The van der Waals surface area contributed by atoms with Crippen LogP contribution in [0.4, 0.5) is 5.69 Å². The molecule has 52 valence electrons. The second kappa shape index (κ2) is 2.66. The van der Waals surface area contributed by atoms with Crippen LogP contribution in [-0.2, 0) is 0 Å². The summed E-state index contributed by atoms with van der Waals surface area (Å²) >= 11 is 1.40. The molecule has 0 amide bonds. The summed E-state index contributed by atoms with van der Waals surface area (Å²) in [6, 6.07) is 1.79. The lowest BCUT2D eigenvalue weighted by atomic mass is 10.4. The number of rotatable bonds is 2. The molecule has 0 saturated heterocycles. The Morgan fingerprint density at radius 2 is 2.40 bits per heavy atom. The molecule has 0 aliphatic carbocycles. The zero-order chi connectivity index (χ0) is 7.56. The van der Waals surface area contributed by atoms with Gasteiger partial charge in [-0.1, -0.05) is 6.58 Å². The molecule has 0 bridgehead atoms. The molecular weight excluding hydrogens is 146 g/mol. The van der Waals surface area contributed by atoms with Crippen molar-refractivity contribution in [3.05, 3.63) is 22.9 Å². The van der Waals surface area contributed by atoms with Gasteiger partial charge in [-0.2, -0.15) is 0 Å². The van der Waals surface area contributed by atoms with Gasteiger partial charge in [-0.15, -0.1) is 11.3 Å². The van der Waals surface area contributed by atoms with E-state index in [1.807, 2.05) is 5.38 Å². The molecule has 2 nitrogen and oxygen atoms in total. The Hall–Kier alpha value is -1.09. The van der Waals surface area contributed by atoms with Crippen LogP contribution < -0.4 is 0 Å². The molecule has 3 heteroatoms. The highest BCUT2D eigenvalue weighted by molar-refractivity contribution is 7.11. The lowest BCUT2D eigenvalue weighted by molar-refractivity contribution is 0.516. The van der Waals surface area contributed by atoms with E-state index in [1.165, 1.54) is 11.3 Å². The number of thiophene rings is 1. The Labute approximate surface area is 63.2 Å². The standard InChI is InChI=1S/C7H7NOS/c1-5(9)7-6(8-2)3-4-10-7/h3-4,9H,1-2H2. The lowest BCUT2D eigenvalue weighted by Gasteiger charge is -1.92. The maximum Gasteiger partial charge on any atom is 0.127 e. The maximum absolute atomic E-state index is 8.95. The van der Waals surface area contributed by atoms with Crippen molar-refractivity contribution in [3.63, 3.8) is 0 Å². The summed E-state index contributed by atoms with van der Waals surface area (Å²) in [6.45, 7) is 6.74. The minimum Gasteiger partial charge on any atom is -0.507 e. The summed E-state index contributed by atoms with van der Waals surface area (Å²) in [6.07, 6.45) is 0. The van der Waals surface area contributed by atoms with Gasteiger partial charge in [-0.05, 0) is 18.2 Å². The molecule has 0 aromatic carbocycles. The van der Waals surface area contributed by atoms with Crippen molar-refractivity contribution in [3.8, 4) is 0 Å². The number of aliphatic hydroxyl groups excluding tert-OH is 1. The van der Waals surface area contributed by atoms with Gasteiger partial charge in [0, 0.05) is 0 Å². The van der Waals surface area contributed by atoms with Crippen molar-refractivity contribution in [2.45, 2.75) is 0 Å². The normalized spacial score (nSPS) is 9.20. The Morgan fingerprint density at radius 3 is 2.80 bits per heavy atom. The Bertz CT molecular complexity index is 264. The quantitative estimate of drug-likeness (QED) is 0.514. The fourth-order valence-electron chi connectivity index (χ4n) is 0.643. The topological polar surface area (TPSA) is 32.6 Å². The van der Waals surface area contributed by atoms with Gasteiger partial charge < -0.3 is 5.11 Å². The highest BCUT2D eigenvalue weighted by Crippen LogP contribution is 2.28. The number of aliphatic hydroxyl groups is 1. The largest absolute Gasteiger partial charge is 0.507 e. The fourth-order valence-corrected chi connectivity index (χ4v) is 1.37. The predicted molar refractivity (Wildman–Crippen MR) is 45.2 cm³/mol. The second-order valence-corrected chi connectivity index (χ2v) is 2.66. The predicted octanol–water partition coefficient (Wildman–Crippen LogP) is 2.61. The van der Waals surface area contributed by atoms with Gasteiger partial charge in [0.15, 0.2) is 0 Å². The minimum atomic E-state index is 0.0531. The molecule has 10 heavy (non-hydrogen) atoms. The van der Waals surface area contributed by atoms with Crippen LogP contribution in [0.5, 0.6) is 0 Å².